The standard InChI is InChI=1S/C13H17N3O5/c1-14-10(3-4-11(14)16(19)20)12(17)15-7-5-9(6-8-15)13(18)21-2/h3-4,9H,5-8H2,1-2H3. The lowest BCUT2D eigenvalue weighted by atomic mass is 9.97. The molecule has 2 heterocycles. The Bertz CT molecular complexity index is 572. The first-order valence-corrected chi connectivity index (χ1v) is 6.63. The van der Waals surface area contributed by atoms with Gasteiger partial charge in [0.15, 0.2) is 5.69 Å². The molecule has 114 valence electrons. The lowest BCUT2D eigenvalue weighted by Gasteiger charge is -2.30. The van der Waals surface area contributed by atoms with Gasteiger partial charge in [0.25, 0.3) is 5.91 Å². The number of hydrogen-bond acceptors (Lipinski definition) is 5. The molecule has 1 saturated heterocycles. The summed E-state index contributed by atoms with van der Waals surface area (Å²) in [6.07, 6.45) is 1.09. The minimum Gasteiger partial charge on any atom is -0.469 e. The minimum atomic E-state index is -0.528. The van der Waals surface area contributed by atoms with Crippen LogP contribution in [0.2, 0.25) is 0 Å². The van der Waals surface area contributed by atoms with Crippen LogP contribution in [-0.2, 0) is 16.6 Å². The predicted molar refractivity (Wildman–Crippen MR) is 72.7 cm³/mol. The van der Waals surface area contributed by atoms with Crippen LogP contribution >= 0.6 is 0 Å². The van der Waals surface area contributed by atoms with Crippen molar-refractivity contribution in [1.82, 2.24) is 9.47 Å². The maximum atomic E-state index is 12.4. The Labute approximate surface area is 121 Å². The molecule has 0 N–H and O–H groups in total. The number of nitro groups is 1. The fourth-order valence-corrected chi connectivity index (χ4v) is 2.55. The van der Waals surface area contributed by atoms with Crippen LogP contribution in [0.1, 0.15) is 23.3 Å². The van der Waals surface area contributed by atoms with E-state index in [1.54, 1.807) is 4.90 Å². The number of carbonyl (C=O) groups is 2. The fourth-order valence-electron chi connectivity index (χ4n) is 2.55. The molecule has 0 unspecified atom stereocenters. The summed E-state index contributed by atoms with van der Waals surface area (Å²) in [5.41, 5.74) is 0.276. The highest BCUT2D eigenvalue weighted by Crippen LogP contribution is 2.22. The third-order valence-electron chi connectivity index (χ3n) is 3.82. The third kappa shape index (κ3) is 2.88. The monoisotopic (exact) mass is 295 g/mol. The largest absolute Gasteiger partial charge is 0.469 e. The van der Waals surface area contributed by atoms with E-state index in [2.05, 4.69) is 0 Å². The molecule has 21 heavy (non-hydrogen) atoms. The van der Waals surface area contributed by atoms with Gasteiger partial charge in [0, 0.05) is 19.2 Å². The van der Waals surface area contributed by atoms with Gasteiger partial charge in [-0.15, -0.1) is 0 Å². The Balaban J connectivity index is 2.06. The van der Waals surface area contributed by atoms with Crippen LogP contribution in [0, 0.1) is 16.0 Å². The molecule has 1 aromatic rings. The highest BCUT2D eigenvalue weighted by Gasteiger charge is 2.31. The van der Waals surface area contributed by atoms with Crippen molar-refractivity contribution in [1.29, 1.82) is 0 Å². The zero-order chi connectivity index (χ0) is 15.6. The zero-order valence-electron chi connectivity index (χ0n) is 11.9. The molecule has 0 aliphatic carbocycles. The van der Waals surface area contributed by atoms with Crippen LogP contribution in [0.5, 0.6) is 0 Å². The van der Waals surface area contributed by atoms with Gasteiger partial charge in [-0.05, 0) is 23.8 Å². The first-order valence-electron chi connectivity index (χ1n) is 6.63. The van der Waals surface area contributed by atoms with Crippen LogP contribution in [0.25, 0.3) is 0 Å². The normalized spacial score (nSPS) is 15.8. The topological polar surface area (TPSA) is 94.7 Å². The smallest absolute Gasteiger partial charge is 0.323 e. The number of likely N-dealkylation sites (tertiary alicyclic amines) is 1. The third-order valence-corrected chi connectivity index (χ3v) is 3.82. The Morgan fingerprint density at radius 2 is 1.95 bits per heavy atom. The number of carbonyl (C=O) groups excluding carboxylic acids is 2. The van der Waals surface area contributed by atoms with E-state index in [0.29, 0.717) is 25.9 Å². The SMILES string of the molecule is COC(=O)C1CCN(C(=O)c2ccc([N+](=O)[O-])n2C)CC1. The Hall–Kier alpha value is -2.38. The number of piperidine rings is 1. The first kappa shape index (κ1) is 15.0. The quantitative estimate of drug-likeness (QED) is 0.470. The summed E-state index contributed by atoms with van der Waals surface area (Å²) >= 11 is 0. The highest BCUT2D eigenvalue weighted by molar-refractivity contribution is 5.93. The average molecular weight is 295 g/mol. The number of rotatable bonds is 3. The number of amides is 1. The lowest BCUT2D eigenvalue weighted by Crippen LogP contribution is -2.41. The maximum absolute atomic E-state index is 12.4. The molecule has 1 fully saturated rings. The summed E-state index contributed by atoms with van der Waals surface area (Å²) in [7, 11) is 2.84. The first-order chi connectivity index (χ1) is 9.95. The van der Waals surface area contributed by atoms with Gasteiger partial charge in [-0.2, -0.15) is 0 Å². The molecule has 2 rings (SSSR count). The summed E-state index contributed by atoms with van der Waals surface area (Å²) < 4.78 is 5.97. The van der Waals surface area contributed by atoms with Crippen molar-refractivity contribution in [2.24, 2.45) is 13.0 Å². The van der Waals surface area contributed by atoms with E-state index in [1.165, 1.54) is 30.9 Å². The molecule has 1 aromatic heterocycles. The maximum Gasteiger partial charge on any atom is 0.323 e. The lowest BCUT2D eigenvalue weighted by molar-refractivity contribution is -0.391. The average Bonchev–Trinajstić information content (AvgIpc) is 2.87. The van der Waals surface area contributed by atoms with Crippen molar-refractivity contribution >= 4 is 17.7 Å². The molecule has 8 heteroatoms. The molecular weight excluding hydrogens is 278 g/mol. The van der Waals surface area contributed by atoms with Crippen molar-refractivity contribution in [3.05, 3.63) is 27.9 Å². The number of esters is 1. The number of methoxy groups -OCH3 is 1. The van der Waals surface area contributed by atoms with E-state index in [1.807, 2.05) is 0 Å². The van der Waals surface area contributed by atoms with Gasteiger partial charge in [-0.3, -0.25) is 9.59 Å². The van der Waals surface area contributed by atoms with Crippen molar-refractivity contribution in [3.8, 4) is 0 Å². The van der Waals surface area contributed by atoms with E-state index < -0.39 is 4.92 Å². The van der Waals surface area contributed by atoms with Crippen LogP contribution in [0.4, 0.5) is 5.82 Å². The number of hydrogen-bond donors (Lipinski definition) is 0. The second kappa shape index (κ2) is 5.94. The van der Waals surface area contributed by atoms with Gasteiger partial charge >= 0.3 is 11.8 Å². The molecule has 0 aromatic carbocycles. The summed E-state index contributed by atoms with van der Waals surface area (Å²) in [4.78, 5) is 35.7. The Morgan fingerprint density at radius 1 is 1.33 bits per heavy atom. The minimum absolute atomic E-state index is 0.122. The molecule has 0 saturated carbocycles. The number of ether oxygens (including phenoxy) is 1. The van der Waals surface area contributed by atoms with Gasteiger partial charge in [-0.1, -0.05) is 0 Å². The van der Waals surface area contributed by atoms with Gasteiger partial charge in [0.1, 0.15) is 0 Å². The molecule has 0 bridgehead atoms. The zero-order valence-corrected chi connectivity index (χ0v) is 11.9. The van der Waals surface area contributed by atoms with Crippen LogP contribution in [-0.4, -0.2) is 46.5 Å². The molecule has 0 atom stereocenters. The van der Waals surface area contributed by atoms with Crippen molar-refractivity contribution in [2.75, 3.05) is 20.2 Å². The van der Waals surface area contributed by atoms with E-state index in [9.17, 15) is 19.7 Å². The van der Waals surface area contributed by atoms with Crippen LogP contribution in [0.3, 0.4) is 0 Å². The van der Waals surface area contributed by atoms with Crippen LogP contribution in [0.15, 0.2) is 12.1 Å². The van der Waals surface area contributed by atoms with Gasteiger partial charge in [0.05, 0.1) is 20.1 Å². The predicted octanol–water partition coefficient (Wildman–Crippen LogP) is 0.958. The van der Waals surface area contributed by atoms with Gasteiger partial charge in [0.2, 0.25) is 0 Å². The van der Waals surface area contributed by atoms with E-state index in [4.69, 9.17) is 4.74 Å². The molecule has 8 nitrogen and oxygen atoms in total. The molecule has 0 radical (unpaired) electrons. The molecule has 1 aliphatic rings. The fraction of sp³-hybridized carbons (Fsp3) is 0.538. The summed E-state index contributed by atoms with van der Waals surface area (Å²) in [6.45, 7) is 0.884. The van der Waals surface area contributed by atoms with Crippen LogP contribution < -0.4 is 0 Å². The summed E-state index contributed by atoms with van der Waals surface area (Å²) in [5, 5.41) is 10.8. The molecule has 1 aliphatic heterocycles. The van der Waals surface area contributed by atoms with Gasteiger partial charge < -0.3 is 19.8 Å². The molecule has 0 spiro atoms. The van der Waals surface area contributed by atoms with E-state index in [-0.39, 0.29) is 29.3 Å². The molecule has 1 amide bonds. The highest BCUT2D eigenvalue weighted by atomic mass is 16.6. The number of nitrogens with zero attached hydrogens (tertiary/aromatic N) is 3. The van der Waals surface area contributed by atoms with E-state index >= 15 is 0 Å². The Morgan fingerprint density at radius 3 is 2.43 bits per heavy atom. The van der Waals surface area contributed by atoms with Gasteiger partial charge in [-0.25, -0.2) is 4.57 Å². The second-order valence-electron chi connectivity index (χ2n) is 4.98. The summed E-state index contributed by atoms with van der Waals surface area (Å²) in [5.74, 6) is -0.810. The second-order valence-corrected chi connectivity index (χ2v) is 4.98. The van der Waals surface area contributed by atoms with E-state index in [0.717, 1.165) is 0 Å². The Kier molecular flexibility index (Phi) is 4.25. The van der Waals surface area contributed by atoms with Crippen molar-refractivity contribution in [2.45, 2.75) is 12.8 Å². The van der Waals surface area contributed by atoms with Crippen molar-refractivity contribution in [3.63, 3.8) is 0 Å². The summed E-state index contributed by atoms with van der Waals surface area (Å²) in [6, 6.07) is 2.77. The van der Waals surface area contributed by atoms with Crippen molar-refractivity contribution < 1.29 is 19.2 Å². The number of aromatic nitrogens is 1. The molecular formula is C13H17N3O5.